The Morgan fingerprint density at radius 2 is 1.78 bits per heavy atom. The molecule has 7 nitrogen and oxygen atoms in total. The van der Waals surface area contributed by atoms with Gasteiger partial charge in [0.05, 0.1) is 16.2 Å². The zero-order valence-corrected chi connectivity index (χ0v) is 18.5. The molecular weight excluding hydrogens is 453 g/mol. The van der Waals surface area contributed by atoms with Crippen LogP contribution in [0.15, 0.2) is 71.6 Å². The first kappa shape index (κ1) is 21.7. The van der Waals surface area contributed by atoms with Crippen LogP contribution < -0.4 is 14.8 Å². The normalized spacial score (nSPS) is 11.3. The number of sulfonamides is 1. The molecule has 4 aromatic rings. The number of ether oxygens (including phenoxy) is 1. The van der Waals surface area contributed by atoms with Crippen LogP contribution in [-0.4, -0.2) is 25.9 Å². The van der Waals surface area contributed by atoms with Crippen molar-refractivity contribution in [1.82, 2.24) is 4.98 Å². The van der Waals surface area contributed by atoms with Crippen LogP contribution in [0.5, 0.6) is 5.75 Å². The maximum Gasteiger partial charge on any atom is 0.261 e. The Balaban J connectivity index is 1.47. The lowest BCUT2D eigenvalue weighted by atomic mass is 10.2. The van der Waals surface area contributed by atoms with Gasteiger partial charge in [-0.25, -0.2) is 17.8 Å². The van der Waals surface area contributed by atoms with E-state index in [1.807, 2.05) is 25.1 Å². The van der Waals surface area contributed by atoms with Crippen LogP contribution in [0.25, 0.3) is 10.2 Å². The van der Waals surface area contributed by atoms with Gasteiger partial charge in [0, 0.05) is 11.3 Å². The van der Waals surface area contributed by atoms with Crippen molar-refractivity contribution in [3.63, 3.8) is 0 Å². The lowest BCUT2D eigenvalue weighted by molar-refractivity contribution is 0.102. The summed E-state index contributed by atoms with van der Waals surface area (Å²) in [5.41, 5.74) is 1.28. The molecule has 0 fully saturated rings. The minimum atomic E-state index is -3.87. The Morgan fingerprint density at radius 3 is 2.47 bits per heavy atom. The molecule has 0 spiro atoms. The molecule has 1 aromatic heterocycles. The number of benzene rings is 3. The molecule has 32 heavy (non-hydrogen) atoms. The van der Waals surface area contributed by atoms with Crippen molar-refractivity contribution < 1.29 is 22.3 Å². The van der Waals surface area contributed by atoms with E-state index in [9.17, 15) is 17.6 Å². The summed E-state index contributed by atoms with van der Waals surface area (Å²) in [6.45, 7) is 2.40. The van der Waals surface area contributed by atoms with E-state index in [-0.39, 0.29) is 16.5 Å². The molecule has 2 N–H and O–H groups in total. The van der Waals surface area contributed by atoms with E-state index >= 15 is 0 Å². The Kier molecular flexibility index (Phi) is 6.06. The number of nitrogens with one attached hydrogen (secondary N) is 2. The number of nitrogens with zero attached hydrogens (tertiary/aromatic N) is 1. The number of carbonyl (C=O) groups is 1. The van der Waals surface area contributed by atoms with Crippen LogP contribution >= 0.6 is 11.3 Å². The fourth-order valence-corrected chi connectivity index (χ4v) is 4.87. The summed E-state index contributed by atoms with van der Waals surface area (Å²) in [5.74, 6) is -0.254. The number of carbonyl (C=O) groups excluding carboxylic acids is 1. The number of halogens is 1. The second-order valence-corrected chi connectivity index (χ2v) is 9.36. The zero-order chi connectivity index (χ0) is 22.7. The van der Waals surface area contributed by atoms with E-state index in [0.717, 1.165) is 16.8 Å². The highest BCUT2D eigenvalue weighted by molar-refractivity contribution is 7.92. The highest BCUT2D eigenvalue weighted by Gasteiger charge is 2.16. The van der Waals surface area contributed by atoms with Crippen LogP contribution in [0.4, 0.5) is 15.2 Å². The second kappa shape index (κ2) is 8.93. The molecule has 0 saturated heterocycles. The predicted octanol–water partition coefficient (Wildman–Crippen LogP) is 4.89. The summed E-state index contributed by atoms with van der Waals surface area (Å²) in [5, 5.41) is 3.18. The van der Waals surface area contributed by atoms with Crippen LogP contribution in [-0.2, 0) is 10.0 Å². The third kappa shape index (κ3) is 4.71. The van der Waals surface area contributed by atoms with Gasteiger partial charge in [0.1, 0.15) is 17.1 Å². The van der Waals surface area contributed by atoms with Gasteiger partial charge in [0.25, 0.3) is 15.9 Å². The monoisotopic (exact) mass is 471 g/mol. The molecule has 164 valence electrons. The Labute approximate surface area is 187 Å². The number of thiazole rings is 1. The number of aromatic nitrogens is 1. The molecule has 0 radical (unpaired) electrons. The van der Waals surface area contributed by atoms with Gasteiger partial charge in [-0.05, 0) is 67.6 Å². The minimum Gasteiger partial charge on any atom is -0.492 e. The number of fused-ring (bicyclic) bond motifs is 1. The van der Waals surface area contributed by atoms with Gasteiger partial charge in [0.15, 0.2) is 5.13 Å². The maximum absolute atomic E-state index is 13.0. The summed E-state index contributed by atoms with van der Waals surface area (Å²) >= 11 is 1.33. The van der Waals surface area contributed by atoms with Crippen molar-refractivity contribution in [2.75, 3.05) is 16.6 Å². The zero-order valence-electron chi connectivity index (χ0n) is 16.8. The minimum absolute atomic E-state index is 0.0667. The fraction of sp³-hybridized carbons (Fsp3) is 0.0909. The van der Waals surface area contributed by atoms with Gasteiger partial charge in [-0.2, -0.15) is 0 Å². The van der Waals surface area contributed by atoms with Crippen molar-refractivity contribution in [3.8, 4) is 5.75 Å². The van der Waals surface area contributed by atoms with E-state index < -0.39 is 15.8 Å². The largest absolute Gasteiger partial charge is 0.492 e. The first-order chi connectivity index (χ1) is 15.4. The molecule has 0 atom stereocenters. The van der Waals surface area contributed by atoms with Crippen LogP contribution in [0.1, 0.15) is 17.3 Å². The van der Waals surface area contributed by atoms with Crippen LogP contribution in [0.2, 0.25) is 0 Å². The van der Waals surface area contributed by atoms with Gasteiger partial charge in [-0.15, -0.1) is 0 Å². The first-order valence-corrected chi connectivity index (χ1v) is 11.9. The van der Waals surface area contributed by atoms with Crippen molar-refractivity contribution in [2.45, 2.75) is 11.8 Å². The maximum atomic E-state index is 13.0. The van der Waals surface area contributed by atoms with Crippen molar-refractivity contribution in [2.24, 2.45) is 0 Å². The van der Waals surface area contributed by atoms with Crippen molar-refractivity contribution >= 4 is 48.3 Å². The first-order valence-electron chi connectivity index (χ1n) is 9.58. The molecule has 0 aliphatic rings. The highest BCUT2D eigenvalue weighted by atomic mass is 32.2. The molecule has 0 unspecified atom stereocenters. The van der Waals surface area contributed by atoms with Gasteiger partial charge < -0.3 is 4.74 Å². The fourth-order valence-electron chi connectivity index (χ4n) is 2.94. The highest BCUT2D eigenvalue weighted by Crippen LogP contribution is 2.32. The van der Waals surface area contributed by atoms with Crippen LogP contribution in [0, 0.1) is 5.82 Å². The van der Waals surface area contributed by atoms with Crippen LogP contribution in [0.3, 0.4) is 0 Å². The Bertz CT molecular complexity index is 1370. The van der Waals surface area contributed by atoms with Crippen molar-refractivity contribution in [3.05, 3.63) is 78.1 Å². The third-order valence-electron chi connectivity index (χ3n) is 4.43. The average Bonchev–Trinajstić information content (AvgIpc) is 3.18. The second-order valence-electron chi connectivity index (χ2n) is 6.65. The molecule has 0 aliphatic carbocycles. The SMILES string of the molecule is CCOc1cccc2sc(NC(=O)c3ccc(NS(=O)(=O)c4ccc(F)cc4)cc3)nc12. The van der Waals surface area contributed by atoms with Crippen molar-refractivity contribution in [1.29, 1.82) is 0 Å². The quantitative estimate of drug-likeness (QED) is 0.400. The number of rotatable bonds is 7. The summed E-state index contributed by atoms with van der Waals surface area (Å²) in [6.07, 6.45) is 0. The summed E-state index contributed by atoms with van der Waals surface area (Å²) in [7, 11) is -3.87. The van der Waals surface area contributed by atoms with Gasteiger partial charge in [-0.1, -0.05) is 17.4 Å². The van der Waals surface area contributed by atoms with E-state index in [4.69, 9.17) is 4.74 Å². The molecule has 3 aromatic carbocycles. The molecule has 1 amide bonds. The number of para-hydroxylation sites is 1. The molecule has 1 heterocycles. The lowest BCUT2D eigenvalue weighted by Gasteiger charge is -2.09. The molecule has 0 bridgehead atoms. The molecule has 4 rings (SSSR count). The average molecular weight is 472 g/mol. The topological polar surface area (TPSA) is 97.4 Å². The van der Waals surface area contributed by atoms with E-state index in [1.165, 1.54) is 47.7 Å². The number of hydrogen-bond acceptors (Lipinski definition) is 6. The molecular formula is C22H18FN3O4S2. The summed E-state index contributed by atoms with van der Waals surface area (Å²) in [4.78, 5) is 17.0. The van der Waals surface area contributed by atoms with Gasteiger partial charge >= 0.3 is 0 Å². The Morgan fingerprint density at radius 1 is 1.06 bits per heavy atom. The van der Waals surface area contributed by atoms with E-state index in [2.05, 4.69) is 15.0 Å². The number of anilines is 2. The van der Waals surface area contributed by atoms with E-state index in [1.54, 1.807) is 0 Å². The summed E-state index contributed by atoms with van der Waals surface area (Å²) in [6, 6.07) is 16.0. The molecule has 0 aliphatic heterocycles. The van der Waals surface area contributed by atoms with Gasteiger partial charge in [0.2, 0.25) is 0 Å². The number of amides is 1. The molecule has 10 heteroatoms. The standard InChI is InChI=1S/C22H18FN3O4S2/c1-2-30-18-4-3-5-19-20(18)24-22(31-19)25-21(27)14-6-10-16(11-7-14)26-32(28,29)17-12-8-15(23)9-13-17/h3-13,26H,2H2,1H3,(H,24,25,27). The molecule has 0 saturated carbocycles. The smallest absolute Gasteiger partial charge is 0.261 e. The van der Waals surface area contributed by atoms with Gasteiger partial charge in [-0.3, -0.25) is 14.8 Å². The third-order valence-corrected chi connectivity index (χ3v) is 6.76. The number of hydrogen-bond donors (Lipinski definition) is 2. The van der Waals surface area contributed by atoms with E-state index in [0.29, 0.717) is 28.6 Å². The predicted molar refractivity (Wildman–Crippen MR) is 122 cm³/mol. The Hall–Kier alpha value is -3.50. The lowest BCUT2D eigenvalue weighted by Crippen LogP contribution is -2.14. The summed E-state index contributed by atoms with van der Waals surface area (Å²) < 4.78 is 46.7.